The van der Waals surface area contributed by atoms with Gasteiger partial charge in [-0.05, 0) is 36.8 Å². The van der Waals surface area contributed by atoms with E-state index in [4.69, 9.17) is 5.73 Å². The van der Waals surface area contributed by atoms with E-state index in [2.05, 4.69) is 9.97 Å². The van der Waals surface area contributed by atoms with E-state index in [1.807, 2.05) is 9.47 Å². The van der Waals surface area contributed by atoms with E-state index in [0.717, 1.165) is 6.20 Å². The molecule has 0 spiro atoms. The number of pyridine rings is 1. The Hall–Kier alpha value is -2.61. The third kappa shape index (κ3) is 3.12. The predicted molar refractivity (Wildman–Crippen MR) is 92.7 cm³/mol. The first-order valence-corrected chi connectivity index (χ1v) is 8.42. The summed E-state index contributed by atoms with van der Waals surface area (Å²) in [5.74, 6) is -0.220. The Bertz CT molecular complexity index is 924. The van der Waals surface area contributed by atoms with Crippen molar-refractivity contribution >= 4 is 17.0 Å². The fourth-order valence-corrected chi connectivity index (χ4v) is 3.28. The van der Waals surface area contributed by atoms with Crippen LogP contribution >= 0.6 is 0 Å². The van der Waals surface area contributed by atoms with Gasteiger partial charge < -0.3 is 15.2 Å². The summed E-state index contributed by atoms with van der Waals surface area (Å²) in [6.07, 6.45) is 0.410. The Kier molecular flexibility index (Phi) is 4.28. The number of hydrogen-bond donors (Lipinski definition) is 1. The minimum atomic E-state index is -1.04. The number of anilines is 1. The van der Waals surface area contributed by atoms with Crippen molar-refractivity contribution in [2.45, 2.75) is 25.2 Å². The van der Waals surface area contributed by atoms with Crippen LogP contribution in [0, 0.1) is 11.6 Å². The first-order valence-electron chi connectivity index (χ1n) is 8.42. The predicted octanol–water partition coefficient (Wildman–Crippen LogP) is 2.63. The molecule has 1 aliphatic rings. The van der Waals surface area contributed by atoms with Crippen LogP contribution in [0.25, 0.3) is 11.0 Å². The fraction of sp³-hybridized carbons (Fsp3) is 0.333. The lowest BCUT2D eigenvalue weighted by Crippen LogP contribution is -2.50. The molecule has 136 valence electrons. The van der Waals surface area contributed by atoms with Gasteiger partial charge in [0.15, 0.2) is 0 Å². The number of hydrogen-bond acceptors (Lipinski definition) is 4. The van der Waals surface area contributed by atoms with E-state index in [9.17, 15) is 13.2 Å². The second kappa shape index (κ2) is 6.60. The van der Waals surface area contributed by atoms with Gasteiger partial charge in [-0.2, -0.15) is 0 Å². The highest BCUT2D eigenvalue weighted by Gasteiger charge is 2.29. The molecule has 1 unspecified atom stereocenters. The van der Waals surface area contributed by atoms with Crippen molar-refractivity contribution in [2.24, 2.45) is 5.73 Å². The summed E-state index contributed by atoms with van der Waals surface area (Å²) in [7, 11) is 0. The Morgan fingerprint density at radius 2 is 1.96 bits per heavy atom. The van der Waals surface area contributed by atoms with Gasteiger partial charge in [0.05, 0.1) is 35.5 Å². The summed E-state index contributed by atoms with van der Waals surface area (Å²) < 4.78 is 42.5. The first-order chi connectivity index (χ1) is 12.5. The zero-order chi connectivity index (χ0) is 18.3. The summed E-state index contributed by atoms with van der Waals surface area (Å²) in [4.78, 5) is 10.6. The molecule has 1 saturated heterocycles. The van der Waals surface area contributed by atoms with Gasteiger partial charge in [-0.25, -0.2) is 18.2 Å². The minimum Gasteiger partial charge on any atom is -0.340 e. The molecule has 0 bridgehead atoms. The molecule has 0 aliphatic carbocycles. The number of fused-ring (bicyclic) bond motifs is 1. The number of halogens is 3. The highest BCUT2D eigenvalue weighted by atomic mass is 19.1. The van der Waals surface area contributed by atoms with Crippen LogP contribution in [0.3, 0.4) is 0 Å². The minimum absolute atomic E-state index is 0.292. The molecule has 8 heteroatoms. The lowest BCUT2D eigenvalue weighted by molar-refractivity contribution is 0.243. The molecule has 2 atom stereocenters. The SMILES string of the molecule is N[C@@H]1CN(c2nc3ccc(F)cc3n2Cc2ccc(F)cn2)CCC1F. The van der Waals surface area contributed by atoms with E-state index < -0.39 is 18.0 Å². The summed E-state index contributed by atoms with van der Waals surface area (Å²) >= 11 is 0. The molecule has 26 heavy (non-hydrogen) atoms. The summed E-state index contributed by atoms with van der Waals surface area (Å²) in [5, 5.41) is 0. The number of piperidine rings is 1. The molecule has 0 saturated carbocycles. The smallest absolute Gasteiger partial charge is 0.206 e. The van der Waals surface area contributed by atoms with Crippen molar-refractivity contribution < 1.29 is 13.2 Å². The standard InChI is InChI=1S/C18H18F3N5/c19-11-2-4-16-17(7-11)26(9-13-3-1-12(20)8-23-13)18(24-16)25-6-5-14(21)15(22)10-25/h1-4,7-8,14-15H,5-6,9-10,22H2/t14?,15-/m1/s1. The molecule has 3 aromatic rings. The van der Waals surface area contributed by atoms with Gasteiger partial charge in [-0.1, -0.05) is 0 Å². The van der Waals surface area contributed by atoms with Gasteiger partial charge in [-0.3, -0.25) is 4.98 Å². The third-order valence-corrected chi connectivity index (χ3v) is 4.65. The van der Waals surface area contributed by atoms with E-state index in [1.54, 1.807) is 12.1 Å². The highest BCUT2D eigenvalue weighted by Crippen LogP contribution is 2.27. The van der Waals surface area contributed by atoms with Gasteiger partial charge in [-0.15, -0.1) is 0 Å². The molecule has 3 heterocycles. The zero-order valence-electron chi connectivity index (χ0n) is 13.9. The maximum absolute atomic E-state index is 13.8. The van der Waals surface area contributed by atoms with E-state index in [-0.39, 0.29) is 5.82 Å². The lowest BCUT2D eigenvalue weighted by atomic mass is 10.1. The Balaban J connectivity index is 1.77. The number of aromatic nitrogens is 3. The molecular formula is C18H18F3N5. The van der Waals surface area contributed by atoms with Crippen LogP contribution in [-0.4, -0.2) is 39.8 Å². The normalized spacial score (nSPS) is 20.7. The van der Waals surface area contributed by atoms with Gasteiger partial charge in [0.25, 0.3) is 0 Å². The van der Waals surface area contributed by atoms with E-state index in [1.165, 1.54) is 18.2 Å². The Labute approximate surface area is 148 Å². The van der Waals surface area contributed by atoms with E-state index in [0.29, 0.717) is 48.7 Å². The van der Waals surface area contributed by atoms with Crippen LogP contribution in [0.2, 0.25) is 0 Å². The molecular weight excluding hydrogens is 343 g/mol. The highest BCUT2D eigenvalue weighted by molar-refractivity contribution is 5.79. The average Bonchev–Trinajstić information content (AvgIpc) is 2.97. The van der Waals surface area contributed by atoms with Gasteiger partial charge in [0.2, 0.25) is 5.95 Å². The van der Waals surface area contributed by atoms with Crippen LogP contribution in [0.5, 0.6) is 0 Å². The monoisotopic (exact) mass is 361 g/mol. The van der Waals surface area contributed by atoms with Crippen LogP contribution in [0.1, 0.15) is 12.1 Å². The van der Waals surface area contributed by atoms with Crippen LogP contribution in [0.15, 0.2) is 36.5 Å². The number of imidazole rings is 1. The number of nitrogens with zero attached hydrogens (tertiary/aromatic N) is 4. The molecule has 1 fully saturated rings. The molecule has 1 aromatic carbocycles. The van der Waals surface area contributed by atoms with Gasteiger partial charge in [0.1, 0.15) is 17.8 Å². The van der Waals surface area contributed by atoms with Crippen molar-refractivity contribution in [3.63, 3.8) is 0 Å². The summed E-state index contributed by atoms with van der Waals surface area (Å²) in [5.41, 5.74) is 7.71. The zero-order valence-corrected chi connectivity index (χ0v) is 13.9. The largest absolute Gasteiger partial charge is 0.340 e. The molecule has 4 rings (SSSR count). The molecule has 2 aromatic heterocycles. The quantitative estimate of drug-likeness (QED) is 0.779. The Morgan fingerprint density at radius 1 is 1.15 bits per heavy atom. The van der Waals surface area contributed by atoms with Crippen molar-refractivity contribution in [1.82, 2.24) is 14.5 Å². The second-order valence-electron chi connectivity index (χ2n) is 6.51. The van der Waals surface area contributed by atoms with Gasteiger partial charge in [0, 0.05) is 13.1 Å². The molecule has 0 amide bonds. The Morgan fingerprint density at radius 3 is 2.69 bits per heavy atom. The maximum atomic E-state index is 13.8. The second-order valence-corrected chi connectivity index (χ2v) is 6.51. The summed E-state index contributed by atoms with van der Waals surface area (Å²) in [6.45, 7) is 1.09. The van der Waals surface area contributed by atoms with E-state index >= 15 is 0 Å². The average molecular weight is 361 g/mol. The first kappa shape index (κ1) is 16.8. The van der Waals surface area contributed by atoms with Crippen LogP contribution in [0.4, 0.5) is 19.1 Å². The molecule has 5 nitrogen and oxygen atoms in total. The van der Waals surface area contributed by atoms with Crippen molar-refractivity contribution in [2.75, 3.05) is 18.0 Å². The molecule has 0 radical (unpaired) electrons. The van der Waals surface area contributed by atoms with Crippen LogP contribution in [-0.2, 0) is 6.54 Å². The number of nitrogens with two attached hydrogens (primary N) is 1. The topological polar surface area (TPSA) is 60.0 Å². The maximum Gasteiger partial charge on any atom is 0.206 e. The fourth-order valence-electron chi connectivity index (χ4n) is 3.28. The summed E-state index contributed by atoms with van der Waals surface area (Å²) in [6, 6.07) is 6.65. The lowest BCUT2D eigenvalue weighted by Gasteiger charge is -2.34. The van der Waals surface area contributed by atoms with Crippen LogP contribution < -0.4 is 10.6 Å². The molecule has 1 aliphatic heterocycles. The number of rotatable bonds is 3. The molecule has 2 N–H and O–H groups in total. The van der Waals surface area contributed by atoms with Crippen molar-refractivity contribution in [3.05, 3.63) is 53.9 Å². The number of benzene rings is 1. The number of alkyl halides is 1. The third-order valence-electron chi connectivity index (χ3n) is 4.65. The van der Waals surface area contributed by atoms with Crippen molar-refractivity contribution in [3.8, 4) is 0 Å². The van der Waals surface area contributed by atoms with Gasteiger partial charge >= 0.3 is 0 Å². The van der Waals surface area contributed by atoms with Crippen molar-refractivity contribution in [1.29, 1.82) is 0 Å².